The highest BCUT2D eigenvalue weighted by atomic mass is 16.3. The van der Waals surface area contributed by atoms with E-state index in [0.29, 0.717) is 19.0 Å². The molecule has 1 aliphatic heterocycles. The lowest BCUT2D eigenvalue weighted by Gasteiger charge is -2.29. The number of nitrogens with zero attached hydrogens (tertiary/aromatic N) is 2. The highest BCUT2D eigenvalue weighted by Crippen LogP contribution is 2.21. The number of likely N-dealkylation sites (N-methyl/N-ethyl adjacent to an activating group) is 1. The average Bonchev–Trinajstić information content (AvgIpc) is 2.58. The topological polar surface area (TPSA) is 43.8 Å². The molecule has 1 fully saturated rings. The lowest BCUT2D eigenvalue weighted by molar-refractivity contribution is -0.135. The monoisotopic (exact) mass is 214 g/mol. The third-order valence-electron chi connectivity index (χ3n) is 3.12. The number of hydrogen-bond acceptors (Lipinski definition) is 3. The molecule has 1 aliphatic rings. The third kappa shape index (κ3) is 2.69. The van der Waals surface area contributed by atoms with Gasteiger partial charge in [-0.2, -0.15) is 0 Å². The zero-order valence-corrected chi connectivity index (χ0v) is 10.1. The minimum absolute atomic E-state index is 0.128. The number of likely N-dealkylation sites (tertiary alicyclic amines) is 1. The van der Waals surface area contributed by atoms with Crippen LogP contribution in [0.4, 0.5) is 0 Å². The Labute approximate surface area is 91.9 Å². The second kappa shape index (κ2) is 4.94. The van der Waals surface area contributed by atoms with Crippen LogP contribution in [0, 0.1) is 0 Å². The van der Waals surface area contributed by atoms with E-state index in [0.717, 1.165) is 6.54 Å². The van der Waals surface area contributed by atoms with E-state index in [4.69, 9.17) is 0 Å². The predicted molar refractivity (Wildman–Crippen MR) is 59.6 cm³/mol. The van der Waals surface area contributed by atoms with Crippen molar-refractivity contribution in [1.29, 1.82) is 0 Å². The summed E-state index contributed by atoms with van der Waals surface area (Å²) in [6.07, 6.45) is 0.216. The summed E-state index contributed by atoms with van der Waals surface area (Å²) in [5.74, 6) is 0.128. The molecular formula is C11H22N2O2. The summed E-state index contributed by atoms with van der Waals surface area (Å²) >= 11 is 0. The summed E-state index contributed by atoms with van der Waals surface area (Å²) in [7, 11) is 1.81. The SMILES string of the molecule is CCN(C)C(=O)[C@H]1C[C@H](O)CN1C(C)C. The molecule has 0 radical (unpaired) electrons. The van der Waals surface area contributed by atoms with E-state index in [2.05, 4.69) is 18.7 Å². The maximum Gasteiger partial charge on any atom is 0.239 e. The molecule has 1 heterocycles. The number of aliphatic hydroxyl groups is 1. The fourth-order valence-electron chi connectivity index (χ4n) is 2.06. The van der Waals surface area contributed by atoms with E-state index in [1.54, 1.807) is 4.90 Å². The molecule has 0 unspecified atom stereocenters. The van der Waals surface area contributed by atoms with Crippen LogP contribution in [0.3, 0.4) is 0 Å². The van der Waals surface area contributed by atoms with Gasteiger partial charge in [-0.15, -0.1) is 0 Å². The van der Waals surface area contributed by atoms with Crippen molar-refractivity contribution in [2.24, 2.45) is 0 Å². The first-order valence-corrected chi connectivity index (χ1v) is 5.66. The second-order valence-electron chi connectivity index (χ2n) is 4.55. The van der Waals surface area contributed by atoms with Crippen LogP contribution < -0.4 is 0 Å². The summed E-state index contributed by atoms with van der Waals surface area (Å²) in [5.41, 5.74) is 0. The predicted octanol–water partition coefficient (Wildman–Crippen LogP) is 0.308. The van der Waals surface area contributed by atoms with Gasteiger partial charge < -0.3 is 10.0 Å². The van der Waals surface area contributed by atoms with Crippen LogP contribution in [-0.4, -0.2) is 59.1 Å². The number of carbonyl (C=O) groups is 1. The summed E-state index contributed by atoms with van der Waals surface area (Å²) < 4.78 is 0. The first-order valence-electron chi connectivity index (χ1n) is 5.66. The van der Waals surface area contributed by atoms with Crippen molar-refractivity contribution in [3.05, 3.63) is 0 Å². The summed E-state index contributed by atoms with van der Waals surface area (Å²) in [4.78, 5) is 15.8. The van der Waals surface area contributed by atoms with Crippen LogP contribution in [0.5, 0.6) is 0 Å². The minimum atomic E-state index is -0.355. The van der Waals surface area contributed by atoms with Gasteiger partial charge in [0.2, 0.25) is 5.91 Å². The smallest absolute Gasteiger partial charge is 0.239 e. The molecule has 1 amide bonds. The number of carbonyl (C=O) groups excluding carboxylic acids is 1. The lowest BCUT2D eigenvalue weighted by atomic mass is 10.1. The Balaban J connectivity index is 2.70. The number of β-amino-alcohol motifs (C(OH)–C–C–N with tert-alkyl or cyclic N) is 1. The van der Waals surface area contributed by atoms with Crippen LogP contribution in [0.2, 0.25) is 0 Å². The molecule has 2 atom stereocenters. The molecule has 1 saturated heterocycles. The molecule has 4 heteroatoms. The van der Waals surface area contributed by atoms with Crippen LogP contribution in [0.15, 0.2) is 0 Å². The molecule has 0 aromatic rings. The fourth-order valence-corrected chi connectivity index (χ4v) is 2.06. The Morgan fingerprint density at radius 3 is 2.67 bits per heavy atom. The Morgan fingerprint density at radius 2 is 2.20 bits per heavy atom. The molecule has 88 valence electrons. The van der Waals surface area contributed by atoms with Gasteiger partial charge in [-0.1, -0.05) is 0 Å². The van der Waals surface area contributed by atoms with Crippen molar-refractivity contribution in [1.82, 2.24) is 9.80 Å². The van der Waals surface area contributed by atoms with Crippen molar-refractivity contribution >= 4 is 5.91 Å². The van der Waals surface area contributed by atoms with Crippen molar-refractivity contribution in [2.45, 2.75) is 45.4 Å². The molecule has 15 heavy (non-hydrogen) atoms. The molecule has 0 spiro atoms. The van der Waals surface area contributed by atoms with Gasteiger partial charge in [-0.3, -0.25) is 9.69 Å². The van der Waals surface area contributed by atoms with E-state index in [1.165, 1.54) is 0 Å². The Hall–Kier alpha value is -0.610. The quantitative estimate of drug-likeness (QED) is 0.735. The number of rotatable bonds is 3. The largest absolute Gasteiger partial charge is 0.392 e. The molecule has 0 saturated carbocycles. The van der Waals surface area contributed by atoms with Gasteiger partial charge >= 0.3 is 0 Å². The standard InChI is InChI=1S/C11H22N2O2/c1-5-12(4)11(15)10-6-9(14)7-13(10)8(2)3/h8-10,14H,5-7H2,1-4H3/t9-,10+/m0/s1. The molecule has 0 aromatic heterocycles. The van der Waals surface area contributed by atoms with E-state index in [-0.39, 0.29) is 18.1 Å². The average molecular weight is 214 g/mol. The van der Waals surface area contributed by atoms with E-state index in [9.17, 15) is 9.90 Å². The van der Waals surface area contributed by atoms with Crippen LogP contribution in [0.1, 0.15) is 27.2 Å². The summed E-state index contributed by atoms with van der Waals surface area (Å²) in [6, 6.07) is 0.173. The van der Waals surface area contributed by atoms with Crippen molar-refractivity contribution in [3.63, 3.8) is 0 Å². The third-order valence-corrected chi connectivity index (χ3v) is 3.12. The number of amides is 1. The highest BCUT2D eigenvalue weighted by molar-refractivity contribution is 5.82. The van der Waals surface area contributed by atoms with Gasteiger partial charge in [0, 0.05) is 26.2 Å². The van der Waals surface area contributed by atoms with Crippen LogP contribution in [-0.2, 0) is 4.79 Å². The van der Waals surface area contributed by atoms with Gasteiger partial charge in [0.1, 0.15) is 0 Å². The van der Waals surface area contributed by atoms with Gasteiger partial charge in [-0.05, 0) is 27.2 Å². The Bertz CT molecular complexity index is 231. The first kappa shape index (κ1) is 12.5. The first-order chi connectivity index (χ1) is 6.97. The van der Waals surface area contributed by atoms with Crippen molar-refractivity contribution in [2.75, 3.05) is 20.1 Å². The molecule has 1 N–H and O–H groups in total. The fraction of sp³-hybridized carbons (Fsp3) is 0.909. The van der Waals surface area contributed by atoms with E-state index < -0.39 is 0 Å². The van der Waals surface area contributed by atoms with Crippen LogP contribution in [0.25, 0.3) is 0 Å². The molecule has 0 aliphatic carbocycles. The zero-order chi connectivity index (χ0) is 11.6. The van der Waals surface area contributed by atoms with Crippen molar-refractivity contribution < 1.29 is 9.90 Å². The highest BCUT2D eigenvalue weighted by Gasteiger charge is 2.38. The molecule has 0 bridgehead atoms. The van der Waals surface area contributed by atoms with Gasteiger partial charge in [-0.25, -0.2) is 0 Å². The number of aliphatic hydroxyl groups excluding tert-OH is 1. The normalized spacial score (nSPS) is 27.3. The maximum atomic E-state index is 12.0. The Kier molecular flexibility index (Phi) is 4.11. The van der Waals surface area contributed by atoms with Gasteiger partial charge in [0.15, 0.2) is 0 Å². The summed E-state index contributed by atoms with van der Waals surface area (Å²) in [5, 5.41) is 9.61. The Morgan fingerprint density at radius 1 is 1.60 bits per heavy atom. The molecule has 0 aromatic carbocycles. The molecule has 4 nitrogen and oxygen atoms in total. The lowest BCUT2D eigenvalue weighted by Crippen LogP contribution is -2.46. The second-order valence-corrected chi connectivity index (χ2v) is 4.55. The zero-order valence-electron chi connectivity index (χ0n) is 10.1. The van der Waals surface area contributed by atoms with E-state index >= 15 is 0 Å². The van der Waals surface area contributed by atoms with Gasteiger partial charge in [0.25, 0.3) is 0 Å². The van der Waals surface area contributed by atoms with Crippen LogP contribution >= 0.6 is 0 Å². The minimum Gasteiger partial charge on any atom is -0.392 e. The number of hydrogen-bond donors (Lipinski definition) is 1. The molecule has 1 rings (SSSR count). The maximum absolute atomic E-state index is 12.0. The van der Waals surface area contributed by atoms with E-state index in [1.807, 2.05) is 14.0 Å². The summed E-state index contributed by atoms with van der Waals surface area (Å²) in [6.45, 7) is 7.42. The van der Waals surface area contributed by atoms with Gasteiger partial charge in [0.05, 0.1) is 12.1 Å². The molecular weight excluding hydrogens is 192 g/mol. The van der Waals surface area contributed by atoms with Crippen molar-refractivity contribution in [3.8, 4) is 0 Å².